The van der Waals surface area contributed by atoms with E-state index >= 15 is 0 Å². The third-order valence-corrected chi connectivity index (χ3v) is 8.04. The van der Waals surface area contributed by atoms with Crippen LogP contribution in [0.15, 0.2) is 58.3 Å². The minimum atomic E-state index is -3.77. The predicted octanol–water partition coefficient (Wildman–Crippen LogP) is 2.13. The number of hydrogen-bond acceptors (Lipinski definition) is 5. The average molecular weight is 453 g/mol. The lowest BCUT2D eigenvalue weighted by molar-refractivity contribution is 0.0696. The highest BCUT2D eigenvalue weighted by atomic mass is 32.2. The van der Waals surface area contributed by atoms with E-state index in [-0.39, 0.29) is 27.9 Å². The van der Waals surface area contributed by atoms with Crippen LogP contribution >= 0.6 is 0 Å². The van der Waals surface area contributed by atoms with Crippen molar-refractivity contribution < 1.29 is 26.7 Å². The summed E-state index contributed by atoms with van der Waals surface area (Å²) < 4.78 is 54.7. The normalized spacial score (nSPS) is 15.3. The summed E-state index contributed by atoms with van der Waals surface area (Å²) in [4.78, 5) is 11.0. The van der Waals surface area contributed by atoms with Gasteiger partial charge in [0.15, 0.2) is 0 Å². The van der Waals surface area contributed by atoms with E-state index in [2.05, 4.69) is 9.44 Å². The number of rotatable bonds is 9. The van der Waals surface area contributed by atoms with Crippen molar-refractivity contribution in [3.63, 3.8) is 0 Å². The molecule has 0 unspecified atom stereocenters. The van der Waals surface area contributed by atoms with Gasteiger partial charge in [-0.05, 0) is 61.2 Å². The van der Waals surface area contributed by atoms with Gasteiger partial charge in [0.25, 0.3) is 0 Å². The number of sulfonamides is 2. The maximum Gasteiger partial charge on any atom is 0.335 e. The van der Waals surface area contributed by atoms with E-state index in [1.807, 2.05) is 0 Å². The van der Waals surface area contributed by atoms with Gasteiger partial charge in [-0.2, -0.15) is 0 Å². The third kappa shape index (κ3) is 5.66. The van der Waals surface area contributed by atoms with Gasteiger partial charge < -0.3 is 5.11 Å². The SMILES string of the molecule is O=C(O)c1ccc(S(=O)(=O)NCCc2ccc(S(=O)(=O)NC3CCCC3)cc2)cc1. The molecular formula is C20H24N2O6S2. The molecule has 2 aromatic carbocycles. The van der Waals surface area contributed by atoms with Crippen LogP contribution in [0.25, 0.3) is 0 Å². The van der Waals surface area contributed by atoms with Crippen molar-refractivity contribution in [2.24, 2.45) is 0 Å². The molecule has 30 heavy (non-hydrogen) atoms. The van der Waals surface area contributed by atoms with Crippen LogP contribution in [-0.4, -0.2) is 40.5 Å². The van der Waals surface area contributed by atoms with Gasteiger partial charge in [-0.1, -0.05) is 25.0 Å². The first-order valence-corrected chi connectivity index (χ1v) is 12.6. The number of hydrogen-bond donors (Lipinski definition) is 3. The van der Waals surface area contributed by atoms with Gasteiger partial charge in [0.05, 0.1) is 15.4 Å². The Morgan fingerprint density at radius 2 is 1.40 bits per heavy atom. The van der Waals surface area contributed by atoms with Gasteiger partial charge in [-0.15, -0.1) is 0 Å². The zero-order valence-electron chi connectivity index (χ0n) is 16.2. The maximum atomic E-state index is 12.4. The lowest BCUT2D eigenvalue weighted by Crippen LogP contribution is -2.32. The second-order valence-electron chi connectivity index (χ2n) is 7.22. The van der Waals surface area contributed by atoms with Crippen LogP contribution in [0.3, 0.4) is 0 Å². The Bertz CT molecular complexity index is 1090. The molecule has 1 aliphatic carbocycles. The lowest BCUT2D eigenvalue weighted by Gasteiger charge is -2.13. The zero-order valence-corrected chi connectivity index (χ0v) is 17.9. The molecule has 0 atom stereocenters. The standard InChI is InChI=1S/C20H24N2O6S2/c23-20(24)16-7-11-18(12-8-16)29(25,26)21-14-13-15-5-9-19(10-6-15)30(27,28)22-17-3-1-2-4-17/h5-12,17,21-22H,1-4,13-14H2,(H,23,24). The summed E-state index contributed by atoms with van der Waals surface area (Å²) in [6.07, 6.45) is 4.16. The number of carboxylic acid groups (broad SMARTS) is 1. The first-order valence-electron chi connectivity index (χ1n) is 9.62. The van der Waals surface area contributed by atoms with Crippen LogP contribution in [0.4, 0.5) is 0 Å². The van der Waals surface area contributed by atoms with Gasteiger partial charge in [-0.3, -0.25) is 0 Å². The van der Waals surface area contributed by atoms with E-state index < -0.39 is 26.0 Å². The fourth-order valence-corrected chi connectivity index (χ4v) is 5.69. The number of aromatic carboxylic acids is 1. The molecule has 3 rings (SSSR count). The average Bonchev–Trinajstić information content (AvgIpc) is 3.20. The summed E-state index contributed by atoms with van der Waals surface area (Å²) in [5.41, 5.74) is 0.796. The molecule has 0 saturated heterocycles. The number of nitrogens with one attached hydrogen (secondary N) is 2. The predicted molar refractivity (Wildman–Crippen MR) is 111 cm³/mol. The van der Waals surface area contributed by atoms with Crippen molar-refractivity contribution in [3.05, 3.63) is 59.7 Å². The summed E-state index contributed by atoms with van der Waals surface area (Å²) in [7, 11) is -7.32. The van der Waals surface area contributed by atoms with Crippen molar-refractivity contribution in [2.45, 2.75) is 47.9 Å². The second kappa shape index (κ2) is 9.25. The molecule has 1 aliphatic rings. The molecule has 8 nitrogen and oxygen atoms in total. The Morgan fingerprint density at radius 3 is 1.97 bits per heavy atom. The van der Waals surface area contributed by atoms with E-state index in [1.54, 1.807) is 12.1 Å². The zero-order chi connectivity index (χ0) is 21.8. The monoisotopic (exact) mass is 452 g/mol. The van der Waals surface area contributed by atoms with Gasteiger partial charge in [-0.25, -0.2) is 31.1 Å². The smallest absolute Gasteiger partial charge is 0.335 e. The van der Waals surface area contributed by atoms with Crippen LogP contribution in [0.5, 0.6) is 0 Å². The summed E-state index contributed by atoms with van der Waals surface area (Å²) in [5, 5.41) is 8.88. The van der Waals surface area contributed by atoms with Gasteiger partial charge in [0.1, 0.15) is 0 Å². The molecule has 2 aromatic rings. The highest BCUT2D eigenvalue weighted by Crippen LogP contribution is 2.20. The summed E-state index contributed by atoms with van der Waals surface area (Å²) in [6, 6.07) is 11.3. The number of carboxylic acids is 1. The van der Waals surface area contributed by atoms with Crippen LogP contribution in [0.1, 0.15) is 41.6 Å². The molecule has 0 bridgehead atoms. The van der Waals surface area contributed by atoms with Gasteiger partial charge in [0, 0.05) is 12.6 Å². The molecule has 1 fully saturated rings. The Hall–Kier alpha value is -2.27. The van der Waals surface area contributed by atoms with Crippen molar-refractivity contribution in [1.29, 1.82) is 0 Å². The fraction of sp³-hybridized carbons (Fsp3) is 0.350. The maximum absolute atomic E-state index is 12.4. The van der Waals surface area contributed by atoms with Crippen molar-refractivity contribution in [3.8, 4) is 0 Å². The first-order chi connectivity index (χ1) is 14.2. The Morgan fingerprint density at radius 1 is 0.867 bits per heavy atom. The highest BCUT2D eigenvalue weighted by molar-refractivity contribution is 7.89. The highest BCUT2D eigenvalue weighted by Gasteiger charge is 2.22. The van der Waals surface area contributed by atoms with E-state index in [9.17, 15) is 21.6 Å². The summed E-state index contributed by atoms with van der Waals surface area (Å²) in [5.74, 6) is -1.13. The molecule has 162 valence electrons. The Balaban J connectivity index is 1.56. The quantitative estimate of drug-likeness (QED) is 0.534. The molecule has 1 saturated carbocycles. The minimum absolute atomic E-state index is 0.00588. The number of benzene rings is 2. The van der Waals surface area contributed by atoms with E-state index in [1.165, 1.54) is 36.4 Å². The molecule has 3 N–H and O–H groups in total. The van der Waals surface area contributed by atoms with Crippen molar-refractivity contribution >= 4 is 26.0 Å². The van der Waals surface area contributed by atoms with Crippen LogP contribution < -0.4 is 9.44 Å². The molecular weight excluding hydrogens is 428 g/mol. The van der Waals surface area contributed by atoms with Gasteiger partial charge >= 0.3 is 5.97 Å². The number of carbonyl (C=O) groups is 1. The van der Waals surface area contributed by atoms with Crippen molar-refractivity contribution in [2.75, 3.05) is 6.54 Å². The fourth-order valence-electron chi connectivity index (χ4n) is 3.36. The molecule has 0 aliphatic heterocycles. The van der Waals surface area contributed by atoms with Crippen molar-refractivity contribution in [1.82, 2.24) is 9.44 Å². The Labute approximate surface area is 176 Å². The molecule has 0 heterocycles. The van der Waals surface area contributed by atoms with E-state index in [0.717, 1.165) is 31.2 Å². The van der Waals surface area contributed by atoms with Crippen LogP contribution in [0, 0.1) is 0 Å². The molecule has 0 spiro atoms. The third-order valence-electron chi connectivity index (χ3n) is 5.03. The second-order valence-corrected chi connectivity index (χ2v) is 10.7. The molecule has 0 amide bonds. The van der Waals surface area contributed by atoms with Crippen LogP contribution in [-0.2, 0) is 26.5 Å². The summed E-state index contributed by atoms with van der Waals surface area (Å²) >= 11 is 0. The molecule has 0 radical (unpaired) electrons. The Kier molecular flexibility index (Phi) is 6.91. The minimum Gasteiger partial charge on any atom is -0.478 e. The largest absolute Gasteiger partial charge is 0.478 e. The lowest BCUT2D eigenvalue weighted by atomic mass is 10.2. The van der Waals surface area contributed by atoms with E-state index in [4.69, 9.17) is 5.11 Å². The molecule has 10 heteroatoms. The van der Waals surface area contributed by atoms with Gasteiger partial charge in [0.2, 0.25) is 20.0 Å². The van der Waals surface area contributed by atoms with E-state index in [0.29, 0.717) is 6.42 Å². The van der Waals surface area contributed by atoms with Crippen LogP contribution in [0.2, 0.25) is 0 Å². The first kappa shape index (κ1) is 22.4. The summed E-state index contributed by atoms with van der Waals surface area (Å²) in [6.45, 7) is 0.120. The molecule has 0 aromatic heterocycles. The topological polar surface area (TPSA) is 130 Å².